The minimum atomic E-state index is -0.440. The first-order valence-corrected chi connectivity index (χ1v) is 8.83. The summed E-state index contributed by atoms with van der Waals surface area (Å²) in [5.74, 6) is 0.923. The number of nitrogens with zero attached hydrogens (tertiary/aromatic N) is 3. The molecule has 4 N–H and O–H groups in total. The molecule has 0 spiro atoms. The molecule has 7 heteroatoms. The monoisotopic (exact) mass is 377 g/mol. The molecule has 0 saturated heterocycles. The van der Waals surface area contributed by atoms with Crippen LogP contribution in [0.4, 0.5) is 15.8 Å². The smallest absolute Gasteiger partial charge is 0.164 e. The number of nitrogens with two attached hydrogens (primary N) is 2. The first kappa shape index (κ1) is 17.8. The van der Waals surface area contributed by atoms with E-state index in [1.54, 1.807) is 25.4 Å². The summed E-state index contributed by atoms with van der Waals surface area (Å²) in [6, 6.07) is 13.1. The predicted molar refractivity (Wildman–Crippen MR) is 110 cm³/mol. The molecular weight excluding hydrogens is 357 g/mol. The van der Waals surface area contributed by atoms with Gasteiger partial charge in [0.1, 0.15) is 12.4 Å². The summed E-state index contributed by atoms with van der Waals surface area (Å²) in [4.78, 5) is 9.06. The van der Waals surface area contributed by atoms with Crippen LogP contribution in [0.25, 0.3) is 33.5 Å². The number of ether oxygens (including phenoxy) is 1. The van der Waals surface area contributed by atoms with Crippen molar-refractivity contribution in [3.8, 4) is 28.4 Å². The fourth-order valence-electron chi connectivity index (χ4n) is 3.40. The Morgan fingerprint density at radius 1 is 1.11 bits per heavy atom. The molecule has 0 saturated carbocycles. The number of methoxy groups -OCH3 is 1. The van der Waals surface area contributed by atoms with Gasteiger partial charge in [-0.05, 0) is 24.3 Å². The maximum absolute atomic E-state index is 13.0. The maximum Gasteiger partial charge on any atom is 0.164 e. The SMILES string of the molecule is COc1ccc(N)c(-c2nccc(-c3cn(CCF)c4ccccc34)n2)c1N. The fraction of sp³-hybridized carbons (Fsp3) is 0.143. The van der Waals surface area contributed by atoms with Crippen LogP contribution in [0, 0.1) is 0 Å². The van der Waals surface area contributed by atoms with Gasteiger partial charge in [-0.25, -0.2) is 14.4 Å². The number of rotatable bonds is 5. The lowest BCUT2D eigenvalue weighted by Gasteiger charge is -2.12. The minimum Gasteiger partial charge on any atom is -0.495 e. The van der Waals surface area contributed by atoms with Crippen LogP contribution in [0.15, 0.2) is 54.9 Å². The second-order valence-electron chi connectivity index (χ2n) is 6.35. The first-order chi connectivity index (χ1) is 13.6. The Bertz CT molecular complexity index is 1150. The van der Waals surface area contributed by atoms with Crippen molar-refractivity contribution in [3.05, 3.63) is 54.9 Å². The Labute approximate surface area is 161 Å². The van der Waals surface area contributed by atoms with Gasteiger partial charge >= 0.3 is 0 Å². The third-order valence-electron chi connectivity index (χ3n) is 4.73. The zero-order valence-corrected chi connectivity index (χ0v) is 15.4. The molecule has 28 heavy (non-hydrogen) atoms. The average molecular weight is 377 g/mol. The molecule has 2 aromatic carbocycles. The van der Waals surface area contributed by atoms with E-state index in [0.29, 0.717) is 34.2 Å². The summed E-state index contributed by atoms with van der Waals surface area (Å²) in [5.41, 5.74) is 16.3. The van der Waals surface area contributed by atoms with Crippen LogP contribution in [-0.4, -0.2) is 28.3 Å². The molecule has 0 aliphatic rings. The van der Waals surface area contributed by atoms with Gasteiger partial charge in [0.15, 0.2) is 5.82 Å². The Hall–Kier alpha value is -3.61. The highest BCUT2D eigenvalue weighted by molar-refractivity contribution is 5.95. The molecule has 0 radical (unpaired) electrons. The van der Waals surface area contributed by atoms with Crippen molar-refractivity contribution >= 4 is 22.3 Å². The molecule has 0 bridgehead atoms. The van der Waals surface area contributed by atoms with Crippen molar-refractivity contribution in [2.24, 2.45) is 0 Å². The van der Waals surface area contributed by atoms with E-state index in [1.165, 1.54) is 0 Å². The van der Waals surface area contributed by atoms with Crippen LogP contribution in [0.3, 0.4) is 0 Å². The summed E-state index contributed by atoms with van der Waals surface area (Å²) in [6.45, 7) is -0.155. The molecule has 0 amide bonds. The van der Waals surface area contributed by atoms with Gasteiger partial charge in [-0.3, -0.25) is 0 Å². The topological polar surface area (TPSA) is 92.0 Å². The van der Waals surface area contributed by atoms with E-state index < -0.39 is 6.67 Å². The molecule has 0 atom stereocenters. The highest BCUT2D eigenvalue weighted by Gasteiger charge is 2.17. The Morgan fingerprint density at radius 2 is 1.93 bits per heavy atom. The fourth-order valence-corrected chi connectivity index (χ4v) is 3.40. The summed E-state index contributed by atoms with van der Waals surface area (Å²) in [7, 11) is 1.54. The average Bonchev–Trinajstić information content (AvgIpc) is 3.08. The van der Waals surface area contributed by atoms with E-state index in [9.17, 15) is 4.39 Å². The molecule has 142 valence electrons. The van der Waals surface area contributed by atoms with Gasteiger partial charge in [0, 0.05) is 34.5 Å². The molecule has 2 heterocycles. The lowest BCUT2D eigenvalue weighted by atomic mass is 10.1. The quantitative estimate of drug-likeness (QED) is 0.515. The lowest BCUT2D eigenvalue weighted by Crippen LogP contribution is -2.02. The number of fused-ring (bicyclic) bond motifs is 1. The normalized spacial score (nSPS) is 11.1. The first-order valence-electron chi connectivity index (χ1n) is 8.83. The predicted octanol–water partition coefficient (Wildman–Crippen LogP) is 3.91. The second-order valence-corrected chi connectivity index (χ2v) is 6.35. The van der Waals surface area contributed by atoms with Crippen molar-refractivity contribution in [3.63, 3.8) is 0 Å². The van der Waals surface area contributed by atoms with E-state index >= 15 is 0 Å². The number of nitrogen functional groups attached to an aromatic ring is 2. The number of alkyl halides is 1. The highest BCUT2D eigenvalue weighted by Crippen LogP contribution is 2.37. The van der Waals surface area contributed by atoms with Gasteiger partial charge in [-0.2, -0.15) is 0 Å². The van der Waals surface area contributed by atoms with Gasteiger partial charge in [0.05, 0.1) is 30.6 Å². The van der Waals surface area contributed by atoms with E-state index in [2.05, 4.69) is 4.98 Å². The number of aromatic nitrogens is 3. The van der Waals surface area contributed by atoms with Gasteiger partial charge in [-0.1, -0.05) is 18.2 Å². The van der Waals surface area contributed by atoms with E-state index in [4.69, 9.17) is 21.2 Å². The van der Waals surface area contributed by atoms with Crippen LogP contribution >= 0.6 is 0 Å². The van der Waals surface area contributed by atoms with Crippen LogP contribution in [0.1, 0.15) is 0 Å². The van der Waals surface area contributed by atoms with E-state index in [1.807, 2.05) is 41.1 Å². The van der Waals surface area contributed by atoms with Crippen molar-refractivity contribution in [1.29, 1.82) is 0 Å². The molecule has 4 rings (SSSR count). The van der Waals surface area contributed by atoms with Gasteiger partial charge < -0.3 is 20.8 Å². The molecule has 6 nitrogen and oxygen atoms in total. The zero-order valence-electron chi connectivity index (χ0n) is 15.4. The van der Waals surface area contributed by atoms with E-state index in [0.717, 1.165) is 16.5 Å². The summed E-state index contributed by atoms with van der Waals surface area (Å²) >= 11 is 0. The summed E-state index contributed by atoms with van der Waals surface area (Å²) < 4.78 is 20.2. The third-order valence-corrected chi connectivity index (χ3v) is 4.73. The van der Waals surface area contributed by atoms with Crippen molar-refractivity contribution in [2.45, 2.75) is 6.54 Å². The highest BCUT2D eigenvalue weighted by atomic mass is 19.1. The lowest BCUT2D eigenvalue weighted by molar-refractivity contribution is 0.417. The second kappa shape index (κ2) is 7.19. The largest absolute Gasteiger partial charge is 0.495 e. The number of hydrogen-bond donors (Lipinski definition) is 2. The standard InChI is InChI=1S/C21H20FN5O/c1-28-18-7-6-15(23)19(20(18)24)21-25-10-8-16(26-21)14-12-27(11-9-22)17-5-3-2-4-13(14)17/h2-8,10,12H,9,11,23-24H2,1H3. The van der Waals surface area contributed by atoms with Gasteiger partial charge in [0.25, 0.3) is 0 Å². The van der Waals surface area contributed by atoms with Crippen molar-refractivity contribution < 1.29 is 9.13 Å². The molecule has 0 aliphatic carbocycles. The summed E-state index contributed by atoms with van der Waals surface area (Å²) in [6.07, 6.45) is 3.58. The van der Waals surface area contributed by atoms with Crippen molar-refractivity contribution in [2.75, 3.05) is 25.3 Å². The van der Waals surface area contributed by atoms with E-state index in [-0.39, 0.29) is 6.54 Å². The Kier molecular flexibility index (Phi) is 4.57. The Morgan fingerprint density at radius 3 is 2.71 bits per heavy atom. The van der Waals surface area contributed by atoms with Crippen LogP contribution < -0.4 is 16.2 Å². The molecule has 2 aromatic heterocycles. The molecule has 4 aromatic rings. The minimum absolute atomic E-state index is 0.286. The van der Waals surface area contributed by atoms with Gasteiger partial charge in [0.2, 0.25) is 0 Å². The third kappa shape index (κ3) is 2.90. The van der Waals surface area contributed by atoms with Crippen LogP contribution in [-0.2, 0) is 6.54 Å². The molecular formula is C21H20FN5O. The number of aryl methyl sites for hydroxylation is 1. The number of halogens is 1. The van der Waals surface area contributed by atoms with Gasteiger partial charge in [-0.15, -0.1) is 0 Å². The number of anilines is 2. The molecule has 0 fully saturated rings. The number of para-hydroxylation sites is 1. The molecule has 0 unspecified atom stereocenters. The van der Waals surface area contributed by atoms with Crippen molar-refractivity contribution in [1.82, 2.24) is 14.5 Å². The number of benzene rings is 2. The number of hydrogen-bond acceptors (Lipinski definition) is 5. The molecule has 0 aliphatic heterocycles. The Balaban J connectivity index is 1.89. The summed E-state index contributed by atoms with van der Waals surface area (Å²) in [5, 5.41) is 0.993. The van der Waals surface area contributed by atoms with Crippen LogP contribution in [0.2, 0.25) is 0 Å². The zero-order chi connectivity index (χ0) is 19.7. The maximum atomic E-state index is 13.0. The van der Waals surface area contributed by atoms with Crippen LogP contribution in [0.5, 0.6) is 5.75 Å².